The van der Waals surface area contributed by atoms with Crippen molar-refractivity contribution in [1.82, 2.24) is 9.80 Å². The summed E-state index contributed by atoms with van der Waals surface area (Å²) >= 11 is 8.20. The number of thiophene rings is 1. The number of hydrogen-bond donors (Lipinski definition) is 1. The topological polar surface area (TPSA) is 53.0 Å². The fourth-order valence-corrected chi connectivity index (χ4v) is 7.14. The molecular formula is C32H33ClN2O3S. The number of aromatic hydroxyl groups is 1. The SMILES string of the molecule is O=C(c1ccc(CN2CCCC2)c(Cl)c1)c1c(-c2ccc(OCCN3CCCC3)cc2)sc2cc(O)ccc12. The highest BCUT2D eigenvalue weighted by Crippen LogP contribution is 2.41. The first kappa shape index (κ1) is 26.3. The van der Waals surface area contributed by atoms with Gasteiger partial charge in [-0.15, -0.1) is 11.3 Å². The van der Waals surface area contributed by atoms with Crippen LogP contribution in [0.1, 0.15) is 47.2 Å². The third-order valence-electron chi connectivity index (χ3n) is 7.80. The average Bonchev–Trinajstić information content (AvgIpc) is 3.71. The molecule has 2 aliphatic rings. The van der Waals surface area contributed by atoms with Gasteiger partial charge in [-0.05, 0) is 112 Å². The van der Waals surface area contributed by atoms with Crippen LogP contribution in [0.4, 0.5) is 0 Å². The third kappa shape index (κ3) is 5.85. The maximum Gasteiger partial charge on any atom is 0.195 e. The smallest absolute Gasteiger partial charge is 0.195 e. The Morgan fingerprint density at radius 1 is 0.897 bits per heavy atom. The molecule has 2 fully saturated rings. The van der Waals surface area contributed by atoms with Crippen LogP contribution >= 0.6 is 22.9 Å². The molecule has 7 heteroatoms. The van der Waals surface area contributed by atoms with Gasteiger partial charge in [-0.25, -0.2) is 0 Å². The molecule has 0 aliphatic carbocycles. The van der Waals surface area contributed by atoms with Crippen molar-refractivity contribution >= 4 is 38.8 Å². The average molecular weight is 561 g/mol. The van der Waals surface area contributed by atoms with Gasteiger partial charge in [-0.3, -0.25) is 14.6 Å². The monoisotopic (exact) mass is 560 g/mol. The van der Waals surface area contributed by atoms with Crippen LogP contribution in [-0.4, -0.2) is 60.0 Å². The first-order chi connectivity index (χ1) is 19.0. The van der Waals surface area contributed by atoms with Crippen molar-refractivity contribution in [3.05, 3.63) is 82.4 Å². The Kier molecular flexibility index (Phi) is 7.89. The lowest BCUT2D eigenvalue weighted by molar-refractivity contribution is 0.104. The van der Waals surface area contributed by atoms with Gasteiger partial charge >= 0.3 is 0 Å². The summed E-state index contributed by atoms with van der Waals surface area (Å²) < 4.78 is 6.87. The van der Waals surface area contributed by atoms with Gasteiger partial charge in [0.05, 0.1) is 0 Å². The molecule has 0 unspecified atom stereocenters. The zero-order valence-electron chi connectivity index (χ0n) is 22.0. The van der Waals surface area contributed by atoms with Crippen molar-refractivity contribution < 1.29 is 14.6 Å². The minimum absolute atomic E-state index is 0.0671. The Hall–Kier alpha value is -2.90. The molecule has 0 spiro atoms. The number of phenolic OH excluding ortho intramolecular Hbond substituents is 1. The number of ketones is 1. The Morgan fingerprint density at radius 3 is 2.33 bits per heavy atom. The Morgan fingerprint density at radius 2 is 1.62 bits per heavy atom. The first-order valence-electron chi connectivity index (χ1n) is 13.8. The molecule has 2 aliphatic heterocycles. The van der Waals surface area contributed by atoms with Gasteiger partial charge in [-0.1, -0.05) is 23.7 Å². The molecule has 0 amide bonds. The molecule has 0 atom stereocenters. The van der Waals surface area contributed by atoms with Crippen molar-refractivity contribution in [3.8, 4) is 21.9 Å². The number of ether oxygens (including phenoxy) is 1. The molecule has 3 aromatic carbocycles. The maximum absolute atomic E-state index is 14.0. The Labute approximate surface area is 238 Å². The molecule has 39 heavy (non-hydrogen) atoms. The van der Waals surface area contributed by atoms with Gasteiger partial charge < -0.3 is 9.84 Å². The van der Waals surface area contributed by atoms with Gasteiger partial charge in [0.25, 0.3) is 0 Å². The van der Waals surface area contributed by atoms with Gasteiger partial charge in [-0.2, -0.15) is 0 Å². The number of likely N-dealkylation sites (tertiary alicyclic amines) is 2. The number of nitrogens with zero attached hydrogens (tertiary/aromatic N) is 2. The molecule has 0 saturated carbocycles. The van der Waals surface area contributed by atoms with E-state index in [1.165, 1.54) is 37.0 Å². The molecule has 2 saturated heterocycles. The quantitative estimate of drug-likeness (QED) is 0.219. The van der Waals surface area contributed by atoms with Crippen LogP contribution in [0.3, 0.4) is 0 Å². The highest BCUT2D eigenvalue weighted by Gasteiger charge is 2.23. The normalized spacial score (nSPS) is 16.3. The lowest BCUT2D eigenvalue weighted by Crippen LogP contribution is -2.25. The zero-order valence-corrected chi connectivity index (χ0v) is 23.6. The molecule has 3 heterocycles. The third-order valence-corrected chi connectivity index (χ3v) is 9.35. The summed E-state index contributed by atoms with van der Waals surface area (Å²) in [6.45, 7) is 6.93. The van der Waals surface area contributed by atoms with Crippen molar-refractivity contribution in [3.63, 3.8) is 0 Å². The van der Waals surface area contributed by atoms with Crippen LogP contribution in [0, 0.1) is 0 Å². The first-order valence-corrected chi connectivity index (χ1v) is 15.0. The minimum Gasteiger partial charge on any atom is -0.508 e. The summed E-state index contributed by atoms with van der Waals surface area (Å²) in [6.07, 6.45) is 5.00. The van der Waals surface area contributed by atoms with E-state index in [0.29, 0.717) is 22.8 Å². The zero-order chi connectivity index (χ0) is 26.8. The lowest BCUT2D eigenvalue weighted by Gasteiger charge is -2.16. The standard InChI is InChI=1S/C32H33ClN2O3S/c33-28-19-23(5-6-24(28)21-35-15-3-4-16-35)31(37)30-27-12-9-25(36)20-29(27)39-32(30)22-7-10-26(11-8-22)38-18-17-34-13-1-2-14-34/h5-12,19-20,36H,1-4,13-18,21H2. The summed E-state index contributed by atoms with van der Waals surface area (Å²) in [5.74, 6) is 0.942. The van der Waals surface area contributed by atoms with Crippen LogP contribution in [0.25, 0.3) is 20.5 Å². The summed E-state index contributed by atoms with van der Waals surface area (Å²) in [5.41, 5.74) is 3.21. The summed E-state index contributed by atoms with van der Waals surface area (Å²) in [7, 11) is 0. The lowest BCUT2D eigenvalue weighted by atomic mass is 9.97. The number of benzene rings is 3. The molecule has 6 rings (SSSR count). The number of fused-ring (bicyclic) bond motifs is 1. The number of phenols is 1. The molecule has 5 nitrogen and oxygen atoms in total. The molecule has 0 radical (unpaired) electrons. The fourth-order valence-electron chi connectivity index (χ4n) is 5.66. The van der Waals surface area contributed by atoms with E-state index in [0.717, 1.165) is 71.1 Å². The van der Waals surface area contributed by atoms with E-state index in [4.69, 9.17) is 16.3 Å². The van der Waals surface area contributed by atoms with Crippen LogP contribution in [-0.2, 0) is 6.54 Å². The summed E-state index contributed by atoms with van der Waals surface area (Å²) in [4.78, 5) is 19.7. The summed E-state index contributed by atoms with van der Waals surface area (Å²) in [5, 5.41) is 11.6. The minimum atomic E-state index is -0.0671. The van der Waals surface area contributed by atoms with Crippen molar-refractivity contribution in [2.45, 2.75) is 32.2 Å². The Balaban J connectivity index is 1.27. The van der Waals surface area contributed by atoms with Crippen LogP contribution in [0.2, 0.25) is 5.02 Å². The predicted molar refractivity (Wildman–Crippen MR) is 159 cm³/mol. The number of hydrogen-bond acceptors (Lipinski definition) is 6. The van der Waals surface area contributed by atoms with E-state index in [1.54, 1.807) is 18.2 Å². The molecular weight excluding hydrogens is 528 g/mol. The maximum atomic E-state index is 14.0. The van der Waals surface area contributed by atoms with Gasteiger partial charge in [0, 0.05) is 44.2 Å². The number of carbonyl (C=O) groups excluding carboxylic acids is 1. The largest absolute Gasteiger partial charge is 0.508 e. The van der Waals surface area contributed by atoms with Crippen molar-refractivity contribution in [2.24, 2.45) is 0 Å². The van der Waals surface area contributed by atoms with Gasteiger partial charge in [0.2, 0.25) is 0 Å². The van der Waals surface area contributed by atoms with Crippen LogP contribution in [0.15, 0.2) is 60.7 Å². The number of halogens is 1. The molecule has 202 valence electrons. The number of carbonyl (C=O) groups is 1. The van der Waals surface area contributed by atoms with Gasteiger partial charge in [0.1, 0.15) is 18.1 Å². The molecule has 1 aromatic heterocycles. The number of rotatable bonds is 9. The molecule has 0 bridgehead atoms. The predicted octanol–water partition coefficient (Wildman–Crippen LogP) is 7.23. The van der Waals surface area contributed by atoms with E-state index < -0.39 is 0 Å². The second-order valence-electron chi connectivity index (χ2n) is 10.5. The van der Waals surface area contributed by atoms with Crippen molar-refractivity contribution in [1.29, 1.82) is 0 Å². The van der Waals surface area contributed by atoms with E-state index >= 15 is 0 Å². The van der Waals surface area contributed by atoms with E-state index in [9.17, 15) is 9.90 Å². The fraction of sp³-hybridized carbons (Fsp3) is 0.344. The second kappa shape index (κ2) is 11.7. The van der Waals surface area contributed by atoms with E-state index in [1.807, 2.05) is 42.5 Å². The molecule has 4 aromatic rings. The van der Waals surface area contributed by atoms with Crippen LogP contribution < -0.4 is 4.74 Å². The van der Waals surface area contributed by atoms with Crippen molar-refractivity contribution in [2.75, 3.05) is 39.3 Å². The van der Waals surface area contributed by atoms with E-state index in [2.05, 4.69) is 9.80 Å². The molecule has 1 N–H and O–H groups in total. The summed E-state index contributed by atoms with van der Waals surface area (Å²) in [6, 6.07) is 18.8. The Bertz CT molecular complexity index is 1470. The highest BCUT2D eigenvalue weighted by atomic mass is 35.5. The van der Waals surface area contributed by atoms with E-state index in [-0.39, 0.29) is 11.5 Å². The van der Waals surface area contributed by atoms with Crippen LogP contribution in [0.5, 0.6) is 11.5 Å². The van der Waals surface area contributed by atoms with Gasteiger partial charge in [0.15, 0.2) is 5.78 Å². The highest BCUT2D eigenvalue weighted by molar-refractivity contribution is 7.22. The second-order valence-corrected chi connectivity index (χ2v) is 12.0.